The van der Waals surface area contributed by atoms with Gasteiger partial charge in [0.25, 0.3) is 5.91 Å². The van der Waals surface area contributed by atoms with Gasteiger partial charge in [0.15, 0.2) is 0 Å². The molecule has 2 aromatic rings. The number of aromatic nitrogens is 1. The van der Waals surface area contributed by atoms with E-state index < -0.39 is 5.91 Å². The maximum Gasteiger partial charge on any atom is 0.250 e. The normalized spacial score (nSPS) is 13.1. The molecular weight excluding hydrogens is 338 g/mol. The van der Waals surface area contributed by atoms with Crippen LogP contribution in [0, 0.1) is 12.8 Å². The molecule has 1 aromatic heterocycles. The fraction of sp³-hybridized carbons (Fsp3) is 0.353. The molecule has 0 saturated heterocycles. The van der Waals surface area contributed by atoms with E-state index in [1.807, 2.05) is 26.0 Å². The van der Waals surface area contributed by atoms with Crippen molar-refractivity contribution >= 4 is 39.7 Å². The molecule has 0 aliphatic heterocycles. The monoisotopic (exact) mass is 361 g/mol. The maximum atomic E-state index is 11.7. The van der Waals surface area contributed by atoms with E-state index in [1.54, 1.807) is 19.1 Å². The van der Waals surface area contributed by atoms with Crippen LogP contribution in [-0.2, 0) is 4.79 Å². The van der Waals surface area contributed by atoms with E-state index in [0.29, 0.717) is 17.7 Å². The van der Waals surface area contributed by atoms with Crippen LogP contribution in [0.5, 0.6) is 0 Å². The van der Waals surface area contributed by atoms with Gasteiger partial charge in [-0.2, -0.15) is 4.37 Å². The minimum absolute atomic E-state index is 0.0421. The first kappa shape index (κ1) is 18.7. The second kappa shape index (κ2) is 7.98. The molecule has 1 heterocycles. The number of primary amides is 2. The summed E-state index contributed by atoms with van der Waals surface area (Å²) in [4.78, 5) is 22.9. The molecule has 0 saturated carbocycles. The van der Waals surface area contributed by atoms with Gasteiger partial charge in [-0.3, -0.25) is 9.59 Å². The van der Waals surface area contributed by atoms with E-state index in [0.717, 1.165) is 16.4 Å². The number of hydrogen-bond donors (Lipinski definition) is 4. The zero-order chi connectivity index (χ0) is 18.6. The summed E-state index contributed by atoms with van der Waals surface area (Å²) in [6.45, 7) is 5.67. The number of nitrogens with zero attached hydrogens (tertiary/aromatic N) is 1. The molecule has 0 bridgehead atoms. The van der Waals surface area contributed by atoms with Crippen molar-refractivity contribution in [3.05, 3.63) is 35.5 Å². The van der Waals surface area contributed by atoms with Gasteiger partial charge in [0.05, 0.1) is 16.9 Å². The van der Waals surface area contributed by atoms with Gasteiger partial charge < -0.3 is 22.1 Å². The summed E-state index contributed by atoms with van der Waals surface area (Å²) in [5, 5.41) is 7.33. The number of anilines is 3. The van der Waals surface area contributed by atoms with Gasteiger partial charge in [-0.25, -0.2) is 0 Å². The lowest BCUT2D eigenvalue weighted by Crippen LogP contribution is -2.27. The predicted molar refractivity (Wildman–Crippen MR) is 101 cm³/mol. The number of amides is 2. The summed E-state index contributed by atoms with van der Waals surface area (Å²) in [5.74, 6) is -1.04. The lowest BCUT2D eigenvalue weighted by Gasteiger charge is -2.19. The third-order valence-corrected chi connectivity index (χ3v) is 4.57. The van der Waals surface area contributed by atoms with E-state index in [-0.39, 0.29) is 17.9 Å². The number of hydrogen-bond acceptors (Lipinski definition) is 6. The highest BCUT2D eigenvalue weighted by Gasteiger charge is 2.15. The van der Waals surface area contributed by atoms with Gasteiger partial charge in [-0.15, -0.1) is 0 Å². The number of rotatable bonds is 8. The number of carbonyl (C=O) groups is 2. The number of aryl methyl sites for hydroxylation is 1. The number of nitrogens with one attached hydrogen (secondary N) is 2. The zero-order valence-electron chi connectivity index (χ0n) is 14.5. The first-order valence-electron chi connectivity index (χ1n) is 7.96. The molecule has 0 spiro atoms. The molecule has 8 heteroatoms. The Morgan fingerprint density at radius 1 is 1.24 bits per heavy atom. The standard InChI is InChI=1S/C17H23N5O2S/c1-9(16(18)23)6-10(2)20-12-4-5-13(17(19)24)14(8-12)21-15-7-11(3)22-25-15/h4-5,7-10,20-21H,6H2,1-3H3,(H2,18,23)(H2,19,24). The molecule has 2 atom stereocenters. The summed E-state index contributed by atoms with van der Waals surface area (Å²) in [7, 11) is 0. The summed E-state index contributed by atoms with van der Waals surface area (Å²) in [6.07, 6.45) is 0.615. The maximum absolute atomic E-state index is 11.7. The first-order valence-corrected chi connectivity index (χ1v) is 8.73. The average Bonchev–Trinajstić information content (AvgIpc) is 2.92. The Balaban J connectivity index is 2.18. The zero-order valence-corrected chi connectivity index (χ0v) is 15.3. The Labute approximate surface area is 151 Å². The van der Waals surface area contributed by atoms with Gasteiger partial charge in [0, 0.05) is 17.6 Å². The second-order valence-electron chi connectivity index (χ2n) is 6.17. The molecule has 1 aromatic carbocycles. The van der Waals surface area contributed by atoms with Crippen molar-refractivity contribution in [1.29, 1.82) is 0 Å². The van der Waals surface area contributed by atoms with Crippen LogP contribution in [0.1, 0.15) is 36.3 Å². The van der Waals surface area contributed by atoms with Crippen molar-refractivity contribution in [2.75, 3.05) is 10.6 Å². The number of nitrogens with two attached hydrogens (primary N) is 2. The van der Waals surface area contributed by atoms with Gasteiger partial charge in [-0.05, 0) is 56.1 Å². The number of carbonyl (C=O) groups excluding carboxylic acids is 2. The predicted octanol–water partition coefficient (Wildman–Crippen LogP) is 2.61. The molecule has 2 amide bonds. The Hall–Kier alpha value is -2.61. The first-order chi connectivity index (χ1) is 11.8. The van der Waals surface area contributed by atoms with Crippen molar-refractivity contribution in [3.8, 4) is 0 Å². The number of benzene rings is 1. The fourth-order valence-electron chi connectivity index (χ4n) is 2.50. The fourth-order valence-corrected chi connectivity index (χ4v) is 3.17. The molecule has 25 heavy (non-hydrogen) atoms. The Kier molecular flexibility index (Phi) is 5.97. The van der Waals surface area contributed by atoms with Crippen LogP contribution < -0.4 is 22.1 Å². The summed E-state index contributed by atoms with van der Waals surface area (Å²) in [5.41, 5.74) is 13.5. The van der Waals surface area contributed by atoms with Gasteiger partial charge >= 0.3 is 0 Å². The lowest BCUT2D eigenvalue weighted by molar-refractivity contribution is -0.121. The van der Waals surface area contributed by atoms with Crippen LogP contribution in [-0.4, -0.2) is 22.2 Å². The van der Waals surface area contributed by atoms with Crippen LogP contribution in [0.4, 0.5) is 16.4 Å². The van der Waals surface area contributed by atoms with Gasteiger partial charge in [-0.1, -0.05) is 6.92 Å². The Morgan fingerprint density at radius 2 is 1.96 bits per heavy atom. The third-order valence-electron chi connectivity index (χ3n) is 3.78. The average molecular weight is 361 g/mol. The smallest absolute Gasteiger partial charge is 0.250 e. The van der Waals surface area contributed by atoms with Crippen molar-refractivity contribution in [2.45, 2.75) is 33.2 Å². The van der Waals surface area contributed by atoms with Crippen LogP contribution in [0.3, 0.4) is 0 Å². The van der Waals surface area contributed by atoms with E-state index in [4.69, 9.17) is 11.5 Å². The highest BCUT2D eigenvalue weighted by molar-refractivity contribution is 7.10. The topological polar surface area (TPSA) is 123 Å². The summed E-state index contributed by atoms with van der Waals surface area (Å²) >= 11 is 1.31. The van der Waals surface area contributed by atoms with Crippen molar-refractivity contribution < 1.29 is 9.59 Å². The SMILES string of the molecule is Cc1cc(Nc2cc(NC(C)CC(C)C(N)=O)ccc2C(N)=O)sn1. The largest absolute Gasteiger partial charge is 0.383 e. The molecule has 134 valence electrons. The van der Waals surface area contributed by atoms with Crippen molar-refractivity contribution in [3.63, 3.8) is 0 Å². The Morgan fingerprint density at radius 3 is 2.52 bits per heavy atom. The minimum Gasteiger partial charge on any atom is -0.383 e. The van der Waals surface area contributed by atoms with Crippen LogP contribution in [0.15, 0.2) is 24.3 Å². The second-order valence-corrected chi connectivity index (χ2v) is 6.97. The van der Waals surface area contributed by atoms with Crippen LogP contribution in [0.25, 0.3) is 0 Å². The molecule has 0 radical (unpaired) electrons. The van der Waals surface area contributed by atoms with E-state index >= 15 is 0 Å². The molecule has 0 aliphatic rings. The molecule has 6 N–H and O–H groups in total. The molecule has 2 rings (SSSR count). The van der Waals surface area contributed by atoms with Crippen molar-refractivity contribution in [1.82, 2.24) is 4.37 Å². The van der Waals surface area contributed by atoms with Crippen molar-refractivity contribution in [2.24, 2.45) is 17.4 Å². The van der Waals surface area contributed by atoms with Gasteiger partial charge in [0.1, 0.15) is 5.00 Å². The highest BCUT2D eigenvalue weighted by Crippen LogP contribution is 2.27. The quantitative estimate of drug-likeness (QED) is 0.575. The third kappa shape index (κ3) is 5.18. The molecule has 0 fully saturated rings. The van der Waals surface area contributed by atoms with Crippen LogP contribution in [0.2, 0.25) is 0 Å². The van der Waals surface area contributed by atoms with Crippen LogP contribution >= 0.6 is 11.5 Å². The molecule has 0 aliphatic carbocycles. The molecule has 2 unspecified atom stereocenters. The highest BCUT2D eigenvalue weighted by atomic mass is 32.1. The van der Waals surface area contributed by atoms with E-state index in [1.165, 1.54) is 11.5 Å². The lowest BCUT2D eigenvalue weighted by atomic mass is 10.0. The van der Waals surface area contributed by atoms with E-state index in [2.05, 4.69) is 15.0 Å². The van der Waals surface area contributed by atoms with E-state index in [9.17, 15) is 9.59 Å². The Bertz CT molecular complexity index is 774. The van der Waals surface area contributed by atoms with Gasteiger partial charge in [0.2, 0.25) is 5.91 Å². The molecular formula is C17H23N5O2S. The molecule has 7 nitrogen and oxygen atoms in total. The summed E-state index contributed by atoms with van der Waals surface area (Å²) in [6, 6.07) is 7.22. The minimum atomic E-state index is -0.509. The summed E-state index contributed by atoms with van der Waals surface area (Å²) < 4.78 is 4.21.